The molecule has 0 radical (unpaired) electrons. The third kappa shape index (κ3) is 11.1. The van der Waals surface area contributed by atoms with Crippen molar-refractivity contribution in [1.29, 1.82) is 0 Å². The first-order valence-corrected chi connectivity index (χ1v) is 5.59. The number of amides is 2. The molecule has 3 nitrogen and oxygen atoms in total. The third-order valence-corrected chi connectivity index (χ3v) is 2.16. The molecule has 0 spiro atoms. The molecule has 0 rings (SSSR count). The molecule has 82 valence electrons. The first-order valence-electron chi connectivity index (χ1n) is 5.59. The smallest absolute Gasteiger partial charge is 0.337 e. The largest absolute Gasteiger partial charge is 0.350 e. The Morgan fingerprint density at radius 2 is 1.71 bits per heavy atom. The highest BCUT2D eigenvalue weighted by molar-refractivity contribution is 5.81. The van der Waals surface area contributed by atoms with Gasteiger partial charge in [-0.3, -0.25) is 0 Å². The van der Waals surface area contributed by atoms with Gasteiger partial charge in [0.1, 0.15) is 0 Å². The second kappa shape index (κ2) is 10.2. The van der Waals surface area contributed by atoms with Crippen LogP contribution in [0.1, 0.15) is 58.3 Å². The molecule has 0 aliphatic carbocycles. The summed E-state index contributed by atoms with van der Waals surface area (Å²) in [6.07, 6.45) is 11.5. The molecule has 0 atom stereocenters. The van der Waals surface area contributed by atoms with E-state index in [0.29, 0.717) is 0 Å². The third-order valence-electron chi connectivity index (χ3n) is 2.16. The number of carbonyl (C=O) groups excluding carboxylic acids is 1. The summed E-state index contributed by atoms with van der Waals surface area (Å²) in [5, 5.41) is 0. The summed E-state index contributed by atoms with van der Waals surface area (Å²) in [4.78, 5) is 13.7. The Balaban J connectivity index is 3.02. The van der Waals surface area contributed by atoms with Crippen molar-refractivity contribution in [2.45, 2.75) is 58.3 Å². The fourth-order valence-electron chi connectivity index (χ4n) is 1.35. The summed E-state index contributed by atoms with van der Waals surface area (Å²) >= 11 is 0. The molecular weight excluding hydrogens is 176 g/mol. The zero-order chi connectivity index (χ0) is 10.6. The molecule has 0 saturated carbocycles. The average molecular weight is 198 g/mol. The maximum absolute atomic E-state index is 10.2. The predicted octanol–water partition coefficient (Wildman–Crippen LogP) is 3.28. The van der Waals surface area contributed by atoms with E-state index in [2.05, 4.69) is 11.9 Å². The lowest BCUT2D eigenvalue weighted by Gasteiger charge is -1.98. The topological polar surface area (TPSA) is 55.4 Å². The van der Waals surface area contributed by atoms with Crippen molar-refractivity contribution >= 4 is 12.2 Å². The van der Waals surface area contributed by atoms with Crippen LogP contribution < -0.4 is 5.73 Å². The number of nitrogens with two attached hydrogens (primary N) is 1. The summed E-state index contributed by atoms with van der Waals surface area (Å²) in [7, 11) is 0. The van der Waals surface area contributed by atoms with E-state index in [9.17, 15) is 4.79 Å². The fraction of sp³-hybridized carbons (Fsp3) is 0.818. The molecule has 0 heterocycles. The molecule has 0 aromatic heterocycles. The zero-order valence-electron chi connectivity index (χ0n) is 9.17. The molecule has 0 unspecified atom stereocenters. The van der Waals surface area contributed by atoms with Gasteiger partial charge in [-0.15, -0.1) is 0 Å². The van der Waals surface area contributed by atoms with Crippen LogP contribution >= 0.6 is 0 Å². The Hall–Kier alpha value is -0.860. The van der Waals surface area contributed by atoms with Crippen molar-refractivity contribution in [1.82, 2.24) is 0 Å². The van der Waals surface area contributed by atoms with E-state index in [0.717, 1.165) is 12.8 Å². The molecule has 2 N–H and O–H groups in total. The number of hydrogen-bond acceptors (Lipinski definition) is 1. The lowest BCUT2D eigenvalue weighted by molar-refractivity contribution is 0.257. The van der Waals surface area contributed by atoms with Crippen LogP contribution in [0.3, 0.4) is 0 Å². The monoisotopic (exact) mass is 198 g/mol. The highest BCUT2D eigenvalue weighted by atomic mass is 16.2. The van der Waals surface area contributed by atoms with Gasteiger partial charge in [0.25, 0.3) is 0 Å². The zero-order valence-corrected chi connectivity index (χ0v) is 9.17. The number of unbranched alkanes of at least 4 members (excludes halogenated alkanes) is 7. The summed E-state index contributed by atoms with van der Waals surface area (Å²) in [5.74, 6) is 0. The van der Waals surface area contributed by atoms with Gasteiger partial charge in [0.15, 0.2) is 0 Å². The van der Waals surface area contributed by atoms with Crippen LogP contribution in [0.15, 0.2) is 4.99 Å². The lowest BCUT2D eigenvalue weighted by Crippen LogP contribution is -2.03. The van der Waals surface area contributed by atoms with E-state index in [4.69, 9.17) is 5.73 Å². The van der Waals surface area contributed by atoms with Gasteiger partial charge < -0.3 is 5.73 Å². The summed E-state index contributed by atoms with van der Waals surface area (Å²) in [5.41, 5.74) is 4.85. The number of aliphatic imine (C=N–C) groups is 1. The number of carbonyl (C=O) groups is 1. The second-order valence-corrected chi connectivity index (χ2v) is 3.56. The number of urea groups is 1. The maximum Gasteiger partial charge on any atom is 0.337 e. The fourth-order valence-corrected chi connectivity index (χ4v) is 1.35. The number of primary amides is 1. The minimum atomic E-state index is -0.590. The Bertz CT molecular complexity index is 167. The van der Waals surface area contributed by atoms with Crippen LogP contribution in [0.25, 0.3) is 0 Å². The van der Waals surface area contributed by atoms with Crippen LogP contribution in [-0.4, -0.2) is 12.2 Å². The van der Waals surface area contributed by atoms with Crippen LogP contribution in [0.4, 0.5) is 4.79 Å². The van der Waals surface area contributed by atoms with Gasteiger partial charge in [0.05, 0.1) is 0 Å². The molecule has 0 saturated heterocycles. The van der Waals surface area contributed by atoms with E-state index in [1.807, 2.05) is 0 Å². The highest BCUT2D eigenvalue weighted by Gasteiger charge is 1.89. The molecule has 0 aromatic carbocycles. The van der Waals surface area contributed by atoms with E-state index in [1.54, 1.807) is 6.21 Å². The van der Waals surface area contributed by atoms with E-state index >= 15 is 0 Å². The van der Waals surface area contributed by atoms with Crippen molar-refractivity contribution in [2.24, 2.45) is 10.7 Å². The van der Waals surface area contributed by atoms with Crippen LogP contribution in [0.5, 0.6) is 0 Å². The SMILES string of the molecule is CCCCCCCCCC=NC(N)=O. The van der Waals surface area contributed by atoms with Crippen molar-refractivity contribution in [3.8, 4) is 0 Å². The Labute approximate surface area is 86.8 Å². The van der Waals surface area contributed by atoms with Crippen LogP contribution in [-0.2, 0) is 0 Å². The Kier molecular flexibility index (Phi) is 9.59. The molecule has 0 bridgehead atoms. The summed E-state index contributed by atoms with van der Waals surface area (Å²) in [6, 6.07) is -0.590. The normalized spacial score (nSPS) is 10.9. The van der Waals surface area contributed by atoms with Crippen molar-refractivity contribution in [3.63, 3.8) is 0 Å². The van der Waals surface area contributed by atoms with Crippen molar-refractivity contribution in [2.75, 3.05) is 0 Å². The molecule has 0 fully saturated rings. The second-order valence-electron chi connectivity index (χ2n) is 3.56. The minimum absolute atomic E-state index is 0.590. The molecule has 0 aliphatic heterocycles. The first-order chi connectivity index (χ1) is 6.77. The van der Waals surface area contributed by atoms with Gasteiger partial charge >= 0.3 is 6.03 Å². The maximum atomic E-state index is 10.2. The number of rotatable bonds is 8. The minimum Gasteiger partial charge on any atom is -0.350 e. The number of hydrogen-bond donors (Lipinski definition) is 1. The predicted molar refractivity (Wildman–Crippen MR) is 60.7 cm³/mol. The first kappa shape index (κ1) is 13.1. The summed E-state index contributed by atoms with van der Waals surface area (Å²) < 4.78 is 0. The molecule has 3 heteroatoms. The van der Waals surface area contributed by atoms with Gasteiger partial charge in [0.2, 0.25) is 0 Å². The van der Waals surface area contributed by atoms with Gasteiger partial charge in [0, 0.05) is 6.21 Å². The van der Waals surface area contributed by atoms with E-state index in [1.165, 1.54) is 38.5 Å². The number of nitrogens with zero attached hydrogens (tertiary/aromatic N) is 1. The van der Waals surface area contributed by atoms with E-state index < -0.39 is 6.03 Å². The Morgan fingerprint density at radius 3 is 2.29 bits per heavy atom. The molecular formula is C11H22N2O. The van der Waals surface area contributed by atoms with Gasteiger partial charge in [-0.25, -0.2) is 9.79 Å². The Morgan fingerprint density at radius 1 is 1.14 bits per heavy atom. The standard InChI is InChI=1S/C11H22N2O/c1-2-3-4-5-6-7-8-9-10-13-11(12)14/h10H,2-9H2,1H3,(H2,12,14). The molecule has 2 amide bonds. The molecule has 14 heavy (non-hydrogen) atoms. The highest BCUT2D eigenvalue weighted by Crippen LogP contribution is 2.07. The van der Waals surface area contributed by atoms with Gasteiger partial charge in [-0.05, 0) is 12.8 Å². The quantitative estimate of drug-likeness (QED) is 0.472. The summed E-state index contributed by atoms with van der Waals surface area (Å²) in [6.45, 7) is 2.22. The van der Waals surface area contributed by atoms with Crippen LogP contribution in [0, 0.1) is 0 Å². The molecule has 0 aromatic rings. The van der Waals surface area contributed by atoms with Gasteiger partial charge in [-0.2, -0.15) is 0 Å². The lowest BCUT2D eigenvalue weighted by atomic mass is 10.1. The molecule has 0 aliphatic rings. The average Bonchev–Trinajstić information content (AvgIpc) is 2.15. The van der Waals surface area contributed by atoms with Crippen LogP contribution in [0.2, 0.25) is 0 Å². The van der Waals surface area contributed by atoms with Crippen molar-refractivity contribution < 1.29 is 4.79 Å². The van der Waals surface area contributed by atoms with E-state index in [-0.39, 0.29) is 0 Å². The van der Waals surface area contributed by atoms with Gasteiger partial charge in [-0.1, -0.05) is 45.4 Å². The van der Waals surface area contributed by atoms with Crippen molar-refractivity contribution in [3.05, 3.63) is 0 Å².